The molecule has 3 heterocycles. The van der Waals surface area contributed by atoms with Crippen LogP contribution in [0, 0.1) is 12.3 Å². The number of hydrogen-bond acceptors (Lipinski definition) is 4. The molecule has 1 atom stereocenters. The molecule has 2 aromatic rings. The SMILES string of the molecule is CC(=O)N(Cc1ccsc1)[C@H]1CC12CCN(C(=O)c1cc(C)n(C)n1)CC2. The summed E-state index contributed by atoms with van der Waals surface area (Å²) in [6, 6.07) is 4.25. The molecule has 1 aliphatic carbocycles. The molecule has 2 amide bonds. The highest BCUT2D eigenvalue weighted by Crippen LogP contribution is 2.57. The lowest BCUT2D eigenvalue weighted by atomic mass is 9.92. The molecule has 1 spiro atoms. The fourth-order valence-corrected chi connectivity index (χ4v) is 4.97. The average Bonchev–Trinajstić information content (AvgIpc) is 2.98. The van der Waals surface area contributed by atoms with Crippen molar-refractivity contribution < 1.29 is 9.59 Å². The maximum absolute atomic E-state index is 12.7. The maximum Gasteiger partial charge on any atom is 0.274 e. The fraction of sp³-hybridized carbons (Fsp3) is 0.550. The first-order valence-corrected chi connectivity index (χ1v) is 10.4. The van der Waals surface area contributed by atoms with Gasteiger partial charge in [0, 0.05) is 45.3 Å². The molecule has 1 saturated carbocycles. The van der Waals surface area contributed by atoms with E-state index in [1.165, 1.54) is 5.56 Å². The molecule has 0 radical (unpaired) electrons. The first-order chi connectivity index (χ1) is 12.9. The van der Waals surface area contributed by atoms with Crippen molar-refractivity contribution in [1.82, 2.24) is 19.6 Å². The van der Waals surface area contributed by atoms with Crippen LogP contribution >= 0.6 is 11.3 Å². The number of amides is 2. The number of aryl methyl sites for hydroxylation is 2. The number of carbonyl (C=O) groups excluding carboxylic acids is 2. The number of likely N-dealkylation sites (tertiary alicyclic amines) is 1. The molecule has 0 unspecified atom stereocenters. The molecule has 2 aromatic heterocycles. The standard InChI is InChI=1S/C20H26N4O2S/c1-14-10-17(21-22(14)3)19(26)23-7-5-20(6-8-23)11-18(20)24(15(2)25)12-16-4-9-27-13-16/h4,9-10,13,18H,5-8,11-12H2,1-3H3/t18-/m0/s1. The van der Waals surface area contributed by atoms with Crippen molar-refractivity contribution in [3.8, 4) is 0 Å². The molecule has 2 aliphatic rings. The van der Waals surface area contributed by atoms with E-state index in [-0.39, 0.29) is 17.2 Å². The molecule has 1 aliphatic heterocycles. The van der Waals surface area contributed by atoms with Crippen LogP contribution in [0.4, 0.5) is 0 Å². The van der Waals surface area contributed by atoms with Gasteiger partial charge in [0.25, 0.3) is 5.91 Å². The lowest BCUT2D eigenvalue weighted by Gasteiger charge is -2.34. The monoisotopic (exact) mass is 386 g/mol. The zero-order valence-corrected chi connectivity index (χ0v) is 17.0. The van der Waals surface area contributed by atoms with Crippen molar-refractivity contribution in [2.45, 2.75) is 45.7 Å². The second-order valence-corrected chi connectivity index (χ2v) is 8.73. The van der Waals surface area contributed by atoms with Crippen molar-refractivity contribution >= 4 is 23.2 Å². The summed E-state index contributed by atoms with van der Waals surface area (Å²) in [5.74, 6) is 0.165. The van der Waals surface area contributed by atoms with Crippen molar-refractivity contribution in [1.29, 1.82) is 0 Å². The molecule has 0 N–H and O–H groups in total. The van der Waals surface area contributed by atoms with Crippen LogP contribution in [0.5, 0.6) is 0 Å². The summed E-state index contributed by atoms with van der Waals surface area (Å²) in [6.45, 7) is 5.81. The topological polar surface area (TPSA) is 58.4 Å². The van der Waals surface area contributed by atoms with Crippen LogP contribution in [0.25, 0.3) is 0 Å². The molecule has 144 valence electrons. The Bertz CT molecular complexity index is 830. The minimum Gasteiger partial charge on any atom is -0.337 e. The number of thiophene rings is 1. The van der Waals surface area contributed by atoms with Gasteiger partial charge in [-0.05, 0) is 60.1 Å². The number of hydrogen-bond donors (Lipinski definition) is 0. The van der Waals surface area contributed by atoms with E-state index in [1.54, 1.807) is 22.9 Å². The van der Waals surface area contributed by atoms with Crippen molar-refractivity contribution in [3.63, 3.8) is 0 Å². The molecule has 1 saturated heterocycles. The Balaban J connectivity index is 1.39. The Hall–Kier alpha value is -2.15. The molecule has 27 heavy (non-hydrogen) atoms. The van der Waals surface area contributed by atoms with E-state index in [4.69, 9.17) is 0 Å². The van der Waals surface area contributed by atoms with Gasteiger partial charge in [-0.3, -0.25) is 14.3 Å². The summed E-state index contributed by atoms with van der Waals surface area (Å²) < 4.78 is 1.74. The van der Waals surface area contributed by atoms with Crippen LogP contribution in [0.3, 0.4) is 0 Å². The highest BCUT2D eigenvalue weighted by atomic mass is 32.1. The first kappa shape index (κ1) is 18.2. The van der Waals surface area contributed by atoms with Gasteiger partial charge in [-0.25, -0.2) is 0 Å². The van der Waals surface area contributed by atoms with Crippen LogP contribution in [-0.4, -0.2) is 50.5 Å². The maximum atomic E-state index is 12.7. The molecule has 0 bridgehead atoms. The van der Waals surface area contributed by atoms with Gasteiger partial charge in [-0.2, -0.15) is 16.4 Å². The summed E-state index contributed by atoms with van der Waals surface area (Å²) in [5.41, 5.74) is 2.91. The summed E-state index contributed by atoms with van der Waals surface area (Å²) in [5, 5.41) is 8.49. The summed E-state index contributed by atoms with van der Waals surface area (Å²) in [7, 11) is 1.86. The molecular formula is C20H26N4O2S. The first-order valence-electron chi connectivity index (χ1n) is 9.48. The van der Waals surface area contributed by atoms with Crippen molar-refractivity contribution in [2.24, 2.45) is 12.5 Å². The van der Waals surface area contributed by atoms with Gasteiger partial charge in [0.05, 0.1) is 0 Å². The van der Waals surface area contributed by atoms with Gasteiger partial charge >= 0.3 is 0 Å². The highest BCUT2D eigenvalue weighted by Gasteiger charge is 2.58. The van der Waals surface area contributed by atoms with Crippen LogP contribution in [0.2, 0.25) is 0 Å². The normalized spacial score (nSPS) is 20.7. The van der Waals surface area contributed by atoms with Gasteiger partial charge in [0.2, 0.25) is 5.91 Å². The van der Waals surface area contributed by atoms with Crippen LogP contribution < -0.4 is 0 Å². The van der Waals surface area contributed by atoms with E-state index >= 15 is 0 Å². The summed E-state index contributed by atoms with van der Waals surface area (Å²) in [4.78, 5) is 28.9. The zero-order valence-electron chi connectivity index (χ0n) is 16.1. The Kier molecular flexibility index (Phi) is 4.58. The Morgan fingerprint density at radius 1 is 1.37 bits per heavy atom. The van der Waals surface area contributed by atoms with E-state index in [1.807, 2.05) is 29.8 Å². The lowest BCUT2D eigenvalue weighted by molar-refractivity contribution is -0.130. The van der Waals surface area contributed by atoms with Gasteiger partial charge in [-0.1, -0.05) is 0 Å². The minimum absolute atomic E-state index is 0.0208. The zero-order chi connectivity index (χ0) is 19.2. The Morgan fingerprint density at radius 3 is 2.67 bits per heavy atom. The molecular weight excluding hydrogens is 360 g/mol. The second kappa shape index (κ2) is 6.78. The smallest absolute Gasteiger partial charge is 0.274 e. The summed E-state index contributed by atoms with van der Waals surface area (Å²) >= 11 is 1.67. The van der Waals surface area contributed by atoms with E-state index in [2.05, 4.69) is 21.9 Å². The fourth-order valence-electron chi connectivity index (χ4n) is 4.31. The van der Waals surface area contributed by atoms with Crippen LogP contribution in [0.1, 0.15) is 47.9 Å². The molecule has 0 aromatic carbocycles. The Labute approximate surface area is 163 Å². The third kappa shape index (κ3) is 3.40. The van der Waals surface area contributed by atoms with E-state index in [9.17, 15) is 9.59 Å². The average molecular weight is 387 g/mol. The van der Waals surface area contributed by atoms with Crippen molar-refractivity contribution in [3.05, 3.63) is 39.8 Å². The quantitative estimate of drug-likeness (QED) is 0.812. The van der Waals surface area contributed by atoms with E-state index in [0.29, 0.717) is 18.3 Å². The van der Waals surface area contributed by atoms with E-state index in [0.717, 1.165) is 38.0 Å². The largest absolute Gasteiger partial charge is 0.337 e. The Morgan fingerprint density at radius 2 is 2.11 bits per heavy atom. The highest BCUT2D eigenvalue weighted by molar-refractivity contribution is 7.07. The van der Waals surface area contributed by atoms with Crippen LogP contribution in [0.15, 0.2) is 22.9 Å². The number of rotatable bonds is 4. The predicted molar refractivity (Wildman–Crippen MR) is 104 cm³/mol. The number of carbonyl (C=O) groups is 2. The number of aromatic nitrogens is 2. The molecule has 7 heteroatoms. The van der Waals surface area contributed by atoms with Gasteiger partial charge in [0.1, 0.15) is 0 Å². The third-order valence-corrected chi connectivity index (χ3v) is 6.97. The van der Waals surface area contributed by atoms with Gasteiger partial charge in [0.15, 0.2) is 5.69 Å². The summed E-state index contributed by atoms with van der Waals surface area (Å²) in [6.07, 6.45) is 2.98. The predicted octanol–water partition coefficient (Wildman–Crippen LogP) is 2.83. The van der Waals surface area contributed by atoms with E-state index < -0.39 is 0 Å². The molecule has 4 rings (SSSR count). The number of nitrogens with zero attached hydrogens (tertiary/aromatic N) is 4. The minimum atomic E-state index is 0.0208. The van der Waals surface area contributed by atoms with Crippen LogP contribution in [-0.2, 0) is 18.4 Å². The third-order valence-electron chi connectivity index (χ3n) is 6.24. The van der Waals surface area contributed by atoms with Gasteiger partial charge in [-0.15, -0.1) is 0 Å². The molecule has 6 nitrogen and oxygen atoms in total. The lowest BCUT2D eigenvalue weighted by Crippen LogP contribution is -2.42. The van der Waals surface area contributed by atoms with Crippen molar-refractivity contribution in [2.75, 3.05) is 13.1 Å². The van der Waals surface area contributed by atoms with Gasteiger partial charge < -0.3 is 9.80 Å². The number of piperidine rings is 1. The second-order valence-electron chi connectivity index (χ2n) is 7.95. The molecule has 2 fully saturated rings.